The molecule has 0 spiro atoms. The van der Waals surface area contributed by atoms with Crippen molar-refractivity contribution in [3.05, 3.63) is 65.2 Å². The predicted molar refractivity (Wildman–Crippen MR) is 74.6 cm³/mol. The van der Waals surface area contributed by atoms with E-state index in [-0.39, 0.29) is 11.7 Å². The lowest BCUT2D eigenvalue weighted by Crippen LogP contribution is -2.14. The summed E-state index contributed by atoms with van der Waals surface area (Å²) in [6.07, 6.45) is 0.0789. The molecule has 0 heterocycles. The Morgan fingerprint density at radius 2 is 1.65 bits per heavy atom. The van der Waals surface area contributed by atoms with E-state index >= 15 is 0 Å². The van der Waals surface area contributed by atoms with Crippen LogP contribution in [0.1, 0.15) is 31.0 Å². The molecule has 0 saturated heterocycles. The molecular formula is C16H17F2NO. The average Bonchev–Trinajstić information content (AvgIpc) is 2.41. The van der Waals surface area contributed by atoms with Gasteiger partial charge in [-0.25, -0.2) is 8.78 Å². The van der Waals surface area contributed by atoms with Crippen LogP contribution in [0.2, 0.25) is 0 Å². The second-order valence-electron chi connectivity index (χ2n) is 4.86. The van der Waals surface area contributed by atoms with E-state index < -0.39 is 17.7 Å². The summed E-state index contributed by atoms with van der Waals surface area (Å²) in [5, 5.41) is 0. The van der Waals surface area contributed by atoms with Gasteiger partial charge in [-0.3, -0.25) is 0 Å². The molecule has 1 atom stereocenters. The van der Waals surface area contributed by atoms with E-state index in [1.165, 1.54) is 12.1 Å². The Labute approximate surface area is 117 Å². The Hall–Kier alpha value is -1.94. The Bertz CT molecular complexity index is 582. The zero-order valence-electron chi connectivity index (χ0n) is 11.4. The molecule has 0 radical (unpaired) electrons. The molecule has 4 heteroatoms. The molecule has 0 bridgehead atoms. The molecule has 0 amide bonds. The summed E-state index contributed by atoms with van der Waals surface area (Å²) in [4.78, 5) is 0. The van der Waals surface area contributed by atoms with Gasteiger partial charge in [-0.1, -0.05) is 24.3 Å². The van der Waals surface area contributed by atoms with Crippen LogP contribution in [0.3, 0.4) is 0 Å². The second kappa shape index (κ2) is 6.01. The topological polar surface area (TPSA) is 35.2 Å². The van der Waals surface area contributed by atoms with E-state index in [4.69, 9.17) is 10.5 Å². The third kappa shape index (κ3) is 3.14. The molecular weight excluding hydrogens is 260 g/mol. The molecule has 2 rings (SSSR count). The number of halogens is 2. The molecule has 0 fully saturated rings. The maximum atomic E-state index is 13.7. The van der Waals surface area contributed by atoms with E-state index in [0.29, 0.717) is 5.56 Å². The van der Waals surface area contributed by atoms with Crippen molar-refractivity contribution in [3.8, 4) is 5.75 Å². The van der Waals surface area contributed by atoms with E-state index in [2.05, 4.69) is 0 Å². The van der Waals surface area contributed by atoms with Crippen LogP contribution >= 0.6 is 0 Å². The van der Waals surface area contributed by atoms with Gasteiger partial charge in [0.25, 0.3) is 0 Å². The van der Waals surface area contributed by atoms with Crippen LogP contribution in [-0.4, -0.2) is 6.10 Å². The van der Waals surface area contributed by atoms with Gasteiger partial charge in [0.2, 0.25) is 0 Å². The molecule has 106 valence electrons. The maximum Gasteiger partial charge on any atom is 0.163 e. The van der Waals surface area contributed by atoms with E-state index in [1.807, 2.05) is 13.8 Å². The number of benzene rings is 2. The first-order chi connectivity index (χ1) is 9.49. The lowest BCUT2D eigenvalue weighted by atomic mass is 9.99. The molecule has 2 aromatic rings. The Morgan fingerprint density at radius 1 is 1.00 bits per heavy atom. The Morgan fingerprint density at radius 3 is 2.25 bits per heavy atom. The lowest BCUT2D eigenvalue weighted by Gasteiger charge is -2.15. The second-order valence-corrected chi connectivity index (χ2v) is 4.86. The van der Waals surface area contributed by atoms with Crippen molar-refractivity contribution in [2.24, 2.45) is 5.73 Å². The highest BCUT2D eigenvalue weighted by molar-refractivity contribution is 5.36. The van der Waals surface area contributed by atoms with E-state index in [9.17, 15) is 8.78 Å². The summed E-state index contributed by atoms with van der Waals surface area (Å²) in [5.74, 6) is -1.07. The normalized spacial score (nSPS) is 12.5. The zero-order valence-corrected chi connectivity index (χ0v) is 11.4. The minimum absolute atomic E-state index is 0.0789. The van der Waals surface area contributed by atoms with E-state index in [0.717, 1.165) is 11.8 Å². The van der Waals surface area contributed by atoms with Crippen LogP contribution in [0.15, 0.2) is 42.5 Å². The summed E-state index contributed by atoms with van der Waals surface area (Å²) in [6.45, 7) is 3.86. The van der Waals surface area contributed by atoms with Crippen molar-refractivity contribution < 1.29 is 13.5 Å². The van der Waals surface area contributed by atoms with Crippen molar-refractivity contribution in [2.75, 3.05) is 0 Å². The van der Waals surface area contributed by atoms with Gasteiger partial charge in [0, 0.05) is 5.56 Å². The van der Waals surface area contributed by atoms with Gasteiger partial charge in [0.15, 0.2) is 11.6 Å². The number of nitrogens with two attached hydrogens (primary N) is 1. The molecule has 2 nitrogen and oxygen atoms in total. The van der Waals surface area contributed by atoms with Crippen molar-refractivity contribution in [3.63, 3.8) is 0 Å². The number of hydrogen-bond acceptors (Lipinski definition) is 2. The zero-order chi connectivity index (χ0) is 14.7. The van der Waals surface area contributed by atoms with Crippen molar-refractivity contribution in [1.29, 1.82) is 0 Å². The number of ether oxygens (including phenoxy) is 1. The number of hydrogen-bond donors (Lipinski definition) is 1. The van der Waals surface area contributed by atoms with Crippen LogP contribution in [0.4, 0.5) is 8.78 Å². The molecule has 0 aliphatic rings. The fourth-order valence-corrected chi connectivity index (χ4v) is 1.97. The Balaban J connectivity index is 2.25. The summed E-state index contributed by atoms with van der Waals surface area (Å²) in [6, 6.07) is 10.4. The summed E-state index contributed by atoms with van der Waals surface area (Å²) < 4.78 is 32.4. The average molecular weight is 277 g/mol. The third-order valence-electron chi connectivity index (χ3n) is 2.93. The van der Waals surface area contributed by atoms with E-state index in [1.54, 1.807) is 24.3 Å². The lowest BCUT2D eigenvalue weighted by molar-refractivity contribution is 0.242. The van der Waals surface area contributed by atoms with Crippen LogP contribution in [-0.2, 0) is 0 Å². The highest BCUT2D eigenvalue weighted by Gasteiger charge is 2.16. The molecule has 0 aliphatic heterocycles. The first-order valence-corrected chi connectivity index (χ1v) is 6.45. The van der Waals surface area contributed by atoms with Gasteiger partial charge in [-0.05, 0) is 37.6 Å². The van der Waals surface area contributed by atoms with Crippen LogP contribution < -0.4 is 10.5 Å². The van der Waals surface area contributed by atoms with Crippen LogP contribution in [0, 0.1) is 11.6 Å². The fourth-order valence-electron chi connectivity index (χ4n) is 1.97. The molecule has 2 N–H and O–H groups in total. The monoisotopic (exact) mass is 277 g/mol. The van der Waals surface area contributed by atoms with Gasteiger partial charge < -0.3 is 10.5 Å². The van der Waals surface area contributed by atoms with Gasteiger partial charge in [0.1, 0.15) is 5.75 Å². The SMILES string of the molecule is CC(C)Oc1ccc(C(N)c2cccc(F)c2F)cc1. The first kappa shape index (κ1) is 14.5. The molecule has 1 unspecified atom stereocenters. The maximum absolute atomic E-state index is 13.7. The molecule has 0 aliphatic carbocycles. The standard InChI is InChI=1S/C16H17F2NO/c1-10(2)20-12-8-6-11(7-9-12)16(19)13-4-3-5-14(17)15(13)18/h3-10,16H,19H2,1-2H3. The molecule has 0 aromatic heterocycles. The summed E-state index contributed by atoms with van der Waals surface area (Å²) in [5.41, 5.74) is 6.83. The minimum atomic E-state index is -0.900. The molecule has 0 saturated carbocycles. The Kier molecular flexibility index (Phi) is 4.35. The minimum Gasteiger partial charge on any atom is -0.491 e. The third-order valence-corrected chi connectivity index (χ3v) is 2.93. The number of rotatable bonds is 4. The van der Waals surface area contributed by atoms with Gasteiger partial charge in [-0.2, -0.15) is 0 Å². The molecule has 20 heavy (non-hydrogen) atoms. The predicted octanol–water partition coefficient (Wildman–Crippen LogP) is 3.80. The van der Waals surface area contributed by atoms with Gasteiger partial charge >= 0.3 is 0 Å². The summed E-state index contributed by atoms with van der Waals surface area (Å²) in [7, 11) is 0. The van der Waals surface area contributed by atoms with Crippen molar-refractivity contribution in [1.82, 2.24) is 0 Å². The largest absolute Gasteiger partial charge is 0.491 e. The quantitative estimate of drug-likeness (QED) is 0.922. The molecule has 2 aromatic carbocycles. The van der Waals surface area contributed by atoms with Crippen LogP contribution in [0.25, 0.3) is 0 Å². The highest BCUT2D eigenvalue weighted by atomic mass is 19.2. The van der Waals surface area contributed by atoms with Crippen LogP contribution in [0.5, 0.6) is 5.75 Å². The fraction of sp³-hybridized carbons (Fsp3) is 0.250. The van der Waals surface area contributed by atoms with Gasteiger partial charge in [-0.15, -0.1) is 0 Å². The summed E-state index contributed by atoms with van der Waals surface area (Å²) >= 11 is 0. The highest BCUT2D eigenvalue weighted by Crippen LogP contribution is 2.25. The first-order valence-electron chi connectivity index (χ1n) is 6.45. The van der Waals surface area contributed by atoms with Crippen molar-refractivity contribution in [2.45, 2.75) is 26.0 Å². The van der Waals surface area contributed by atoms with Gasteiger partial charge in [0.05, 0.1) is 12.1 Å². The van der Waals surface area contributed by atoms with Crippen molar-refractivity contribution >= 4 is 0 Å². The smallest absolute Gasteiger partial charge is 0.163 e.